The highest BCUT2D eigenvalue weighted by atomic mass is 16.5. The summed E-state index contributed by atoms with van der Waals surface area (Å²) >= 11 is 0. The molecule has 7 nitrogen and oxygen atoms in total. The first-order valence-electron chi connectivity index (χ1n) is 9.71. The molecule has 2 heterocycles. The van der Waals surface area contributed by atoms with Gasteiger partial charge in [0.25, 0.3) is 0 Å². The lowest BCUT2D eigenvalue weighted by atomic mass is 10.1. The van der Waals surface area contributed by atoms with Crippen LogP contribution in [0.5, 0.6) is 11.5 Å². The molecule has 0 spiro atoms. The maximum Gasteiger partial charge on any atom is 0.386 e. The van der Waals surface area contributed by atoms with Crippen molar-refractivity contribution in [1.29, 1.82) is 0 Å². The second-order valence-corrected chi connectivity index (χ2v) is 7.14. The highest BCUT2D eigenvalue weighted by Crippen LogP contribution is 2.31. The topological polar surface area (TPSA) is 66.3 Å². The number of piperazine rings is 1. The van der Waals surface area contributed by atoms with Crippen LogP contribution in [0.2, 0.25) is 0 Å². The van der Waals surface area contributed by atoms with E-state index in [0.29, 0.717) is 12.0 Å². The molecule has 7 heteroatoms. The van der Waals surface area contributed by atoms with Crippen LogP contribution in [0.3, 0.4) is 0 Å². The number of nitrogens with zero attached hydrogens (tertiary/aromatic N) is 4. The van der Waals surface area contributed by atoms with Crippen LogP contribution < -0.4 is 15.2 Å². The van der Waals surface area contributed by atoms with E-state index in [-0.39, 0.29) is 0 Å². The van der Waals surface area contributed by atoms with Gasteiger partial charge in [-0.05, 0) is 19.9 Å². The molecule has 0 bridgehead atoms. The van der Waals surface area contributed by atoms with Crippen molar-refractivity contribution in [1.82, 2.24) is 9.80 Å². The second kappa shape index (κ2) is 8.61. The number of para-hydroxylation sites is 1. The number of nitrogens with two attached hydrogens (primary N) is 1. The van der Waals surface area contributed by atoms with Crippen LogP contribution in [0, 0.1) is 0 Å². The van der Waals surface area contributed by atoms with E-state index in [2.05, 4.69) is 39.3 Å². The van der Waals surface area contributed by atoms with Crippen LogP contribution in [-0.2, 0) is 6.54 Å². The third-order valence-corrected chi connectivity index (χ3v) is 5.50. The number of hydrogen-bond acceptors (Lipinski definition) is 6. The fourth-order valence-electron chi connectivity index (χ4n) is 4.00. The van der Waals surface area contributed by atoms with Gasteiger partial charge >= 0.3 is 5.96 Å². The maximum atomic E-state index is 6.16. The quantitative estimate of drug-likeness (QED) is 0.789. The number of hydrogen-bond donors (Lipinski definition) is 1. The fraction of sp³-hybridized carbons (Fsp3) is 0.600. The number of rotatable bonds is 5. The molecule has 0 amide bonds. The second-order valence-electron chi connectivity index (χ2n) is 7.14. The van der Waals surface area contributed by atoms with E-state index in [1.165, 1.54) is 0 Å². The van der Waals surface area contributed by atoms with Gasteiger partial charge in [0, 0.05) is 38.3 Å². The molecule has 0 aliphatic carbocycles. The Balaban J connectivity index is 1.63. The Labute approximate surface area is 162 Å². The Hall–Kier alpha value is -2.28. The van der Waals surface area contributed by atoms with E-state index in [1.54, 1.807) is 14.2 Å². The first-order valence-corrected chi connectivity index (χ1v) is 9.71. The molecule has 0 saturated carbocycles. The van der Waals surface area contributed by atoms with Crippen molar-refractivity contribution < 1.29 is 14.0 Å². The largest absolute Gasteiger partial charge is 0.493 e. The molecule has 148 valence electrons. The lowest BCUT2D eigenvalue weighted by molar-refractivity contribution is -0.560. The van der Waals surface area contributed by atoms with Gasteiger partial charge in [0.15, 0.2) is 17.3 Å². The third-order valence-electron chi connectivity index (χ3n) is 5.50. The van der Waals surface area contributed by atoms with Crippen LogP contribution in [0.1, 0.15) is 25.8 Å². The van der Waals surface area contributed by atoms with Gasteiger partial charge < -0.3 is 14.4 Å². The molecule has 0 radical (unpaired) electrons. The standard InChI is InChI=1S/C20H31N5O2/c1-5-25-15(2)13-18(22-20(25)21)24-11-9-23(10-12-24)14-16-7-6-8-17(26-3)19(16)27-4/h6-8,15,21H,5,9-14H2,1-4H3/p+1. The van der Waals surface area contributed by atoms with E-state index >= 15 is 0 Å². The molecule has 2 aliphatic heterocycles. The first-order chi connectivity index (χ1) is 13.1. The number of methoxy groups -OCH3 is 2. The SMILES string of the molecule is CC[N+]1=C(N)N=C(N2CCN(Cc3cccc(OC)c3OC)CC2)CC1C. The molecule has 0 aromatic heterocycles. The summed E-state index contributed by atoms with van der Waals surface area (Å²) in [6, 6.07) is 6.46. The maximum absolute atomic E-state index is 6.16. The summed E-state index contributed by atoms with van der Waals surface area (Å²) in [6.07, 6.45) is 0.957. The van der Waals surface area contributed by atoms with Crippen molar-refractivity contribution in [2.75, 3.05) is 46.9 Å². The van der Waals surface area contributed by atoms with Gasteiger partial charge in [-0.3, -0.25) is 15.2 Å². The summed E-state index contributed by atoms with van der Waals surface area (Å²) in [6.45, 7) is 10.0. The molecular weight excluding hydrogens is 342 g/mol. The Morgan fingerprint density at radius 3 is 2.52 bits per heavy atom. The van der Waals surface area contributed by atoms with Crippen molar-refractivity contribution >= 4 is 11.8 Å². The summed E-state index contributed by atoms with van der Waals surface area (Å²) in [4.78, 5) is 9.51. The van der Waals surface area contributed by atoms with Crippen molar-refractivity contribution in [3.63, 3.8) is 0 Å². The van der Waals surface area contributed by atoms with Crippen molar-refractivity contribution in [2.24, 2.45) is 10.7 Å². The van der Waals surface area contributed by atoms with Crippen LogP contribution >= 0.6 is 0 Å². The zero-order chi connectivity index (χ0) is 19.4. The molecule has 27 heavy (non-hydrogen) atoms. The normalized spacial score (nSPS) is 21.3. The lowest BCUT2D eigenvalue weighted by Crippen LogP contribution is -2.51. The summed E-state index contributed by atoms with van der Waals surface area (Å²) in [5.41, 5.74) is 7.32. The molecule has 1 fully saturated rings. The first kappa shape index (κ1) is 19.5. The van der Waals surface area contributed by atoms with Crippen LogP contribution in [-0.4, -0.2) is 79.2 Å². The highest BCUT2D eigenvalue weighted by molar-refractivity contribution is 5.94. The Bertz CT molecular complexity index is 723. The van der Waals surface area contributed by atoms with Gasteiger partial charge in [0.1, 0.15) is 0 Å². The molecule has 1 atom stereocenters. The van der Waals surface area contributed by atoms with E-state index < -0.39 is 0 Å². The van der Waals surface area contributed by atoms with Gasteiger partial charge in [-0.2, -0.15) is 0 Å². The molecular formula is C20H32N5O2+. The van der Waals surface area contributed by atoms with E-state index in [0.717, 1.165) is 68.6 Å². The Morgan fingerprint density at radius 1 is 1.19 bits per heavy atom. The number of guanidine groups is 1. The van der Waals surface area contributed by atoms with E-state index in [1.807, 2.05) is 12.1 Å². The summed E-state index contributed by atoms with van der Waals surface area (Å²) in [5, 5.41) is 0. The number of aliphatic imine (C=N–C) groups is 1. The molecule has 2 aliphatic rings. The van der Waals surface area contributed by atoms with Crippen LogP contribution in [0.15, 0.2) is 23.2 Å². The van der Waals surface area contributed by atoms with Crippen molar-refractivity contribution in [3.05, 3.63) is 23.8 Å². The average molecular weight is 375 g/mol. The van der Waals surface area contributed by atoms with Gasteiger partial charge in [-0.15, -0.1) is 0 Å². The molecule has 1 aromatic rings. The Kier molecular flexibility index (Phi) is 6.21. The lowest BCUT2D eigenvalue weighted by Gasteiger charge is -2.36. The minimum Gasteiger partial charge on any atom is -0.493 e. The summed E-state index contributed by atoms with van der Waals surface area (Å²) < 4.78 is 13.1. The smallest absolute Gasteiger partial charge is 0.386 e. The highest BCUT2D eigenvalue weighted by Gasteiger charge is 2.30. The van der Waals surface area contributed by atoms with Crippen LogP contribution in [0.4, 0.5) is 0 Å². The summed E-state index contributed by atoms with van der Waals surface area (Å²) in [7, 11) is 3.37. The third kappa shape index (κ3) is 4.18. The minimum atomic E-state index is 0.404. The van der Waals surface area contributed by atoms with Gasteiger partial charge in [-0.1, -0.05) is 17.1 Å². The van der Waals surface area contributed by atoms with Crippen molar-refractivity contribution in [3.8, 4) is 11.5 Å². The zero-order valence-electron chi connectivity index (χ0n) is 16.9. The monoisotopic (exact) mass is 374 g/mol. The zero-order valence-corrected chi connectivity index (χ0v) is 16.9. The fourth-order valence-corrected chi connectivity index (χ4v) is 4.00. The predicted molar refractivity (Wildman–Crippen MR) is 108 cm³/mol. The minimum absolute atomic E-state index is 0.404. The molecule has 1 unspecified atom stereocenters. The number of benzene rings is 1. The number of ether oxygens (including phenoxy) is 2. The van der Waals surface area contributed by atoms with Crippen molar-refractivity contribution in [2.45, 2.75) is 32.9 Å². The van der Waals surface area contributed by atoms with Gasteiger partial charge in [-0.25, -0.2) is 0 Å². The molecule has 2 N–H and O–H groups in total. The molecule has 1 saturated heterocycles. The Morgan fingerprint density at radius 2 is 1.93 bits per heavy atom. The van der Waals surface area contributed by atoms with E-state index in [4.69, 9.17) is 15.2 Å². The molecule has 3 rings (SSSR count). The number of amidine groups is 1. The van der Waals surface area contributed by atoms with E-state index in [9.17, 15) is 0 Å². The van der Waals surface area contributed by atoms with Gasteiger partial charge in [0.05, 0.1) is 33.2 Å². The average Bonchev–Trinajstić information content (AvgIpc) is 2.68. The van der Waals surface area contributed by atoms with Gasteiger partial charge in [0.2, 0.25) is 0 Å². The molecule has 1 aromatic carbocycles. The predicted octanol–water partition coefficient (Wildman–Crippen LogP) is 1.36. The summed E-state index contributed by atoms with van der Waals surface area (Å²) in [5.74, 6) is 3.39. The van der Waals surface area contributed by atoms with Crippen LogP contribution in [0.25, 0.3) is 0 Å².